The molecule has 0 saturated carbocycles. The standard InChI is InChI=1S/C16H28N2O4S/c1-5-11-23(20,21)13(4)16(19)17-12-14(18(6-2)7-3)15-9-8-10-22-15/h8-10,13-14H,5-7,11-12H2,1-4H3,(H,17,19)/t13-,14+/m0/s1. The van der Waals surface area contributed by atoms with Crippen LogP contribution in [0.15, 0.2) is 22.8 Å². The van der Waals surface area contributed by atoms with Gasteiger partial charge in [-0.25, -0.2) is 8.42 Å². The van der Waals surface area contributed by atoms with E-state index in [2.05, 4.69) is 10.2 Å². The van der Waals surface area contributed by atoms with Crippen molar-refractivity contribution in [3.63, 3.8) is 0 Å². The molecule has 0 bridgehead atoms. The van der Waals surface area contributed by atoms with Crippen molar-refractivity contribution in [3.8, 4) is 0 Å². The Bertz CT molecular complexity index is 565. The molecule has 1 aromatic rings. The second-order valence-corrected chi connectivity index (χ2v) is 7.95. The first kappa shape index (κ1) is 19.7. The minimum Gasteiger partial charge on any atom is -0.468 e. The molecule has 23 heavy (non-hydrogen) atoms. The normalized spacial score (nSPS) is 14.7. The van der Waals surface area contributed by atoms with E-state index in [0.717, 1.165) is 18.8 Å². The third-order valence-corrected chi connectivity index (χ3v) is 6.26. The highest BCUT2D eigenvalue weighted by atomic mass is 32.2. The largest absolute Gasteiger partial charge is 0.468 e. The van der Waals surface area contributed by atoms with Gasteiger partial charge >= 0.3 is 0 Å². The van der Waals surface area contributed by atoms with Crippen molar-refractivity contribution >= 4 is 15.7 Å². The summed E-state index contributed by atoms with van der Waals surface area (Å²) in [6.07, 6.45) is 2.11. The van der Waals surface area contributed by atoms with Crippen molar-refractivity contribution in [2.45, 2.75) is 45.4 Å². The molecule has 0 saturated heterocycles. The topological polar surface area (TPSA) is 79.6 Å². The van der Waals surface area contributed by atoms with Gasteiger partial charge in [0.2, 0.25) is 5.91 Å². The molecular formula is C16H28N2O4S. The molecule has 0 aliphatic heterocycles. The van der Waals surface area contributed by atoms with Crippen molar-refractivity contribution in [3.05, 3.63) is 24.2 Å². The number of hydrogen-bond donors (Lipinski definition) is 1. The number of amides is 1. The fraction of sp³-hybridized carbons (Fsp3) is 0.688. The van der Waals surface area contributed by atoms with Crippen molar-refractivity contribution in [1.29, 1.82) is 0 Å². The number of nitrogens with one attached hydrogen (secondary N) is 1. The number of sulfone groups is 1. The van der Waals surface area contributed by atoms with Gasteiger partial charge in [0.05, 0.1) is 18.1 Å². The van der Waals surface area contributed by atoms with Crippen LogP contribution in [0.1, 0.15) is 45.9 Å². The highest BCUT2D eigenvalue weighted by molar-refractivity contribution is 7.92. The first-order chi connectivity index (χ1) is 10.9. The Labute approximate surface area is 139 Å². The molecule has 0 aliphatic rings. The molecule has 1 amide bonds. The van der Waals surface area contributed by atoms with Gasteiger partial charge in [0.25, 0.3) is 0 Å². The van der Waals surface area contributed by atoms with E-state index >= 15 is 0 Å². The SMILES string of the molecule is CCCS(=O)(=O)[C@@H](C)C(=O)NC[C@H](c1ccco1)N(CC)CC. The lowest BCUT2D eigenvalue weighted by Crippen LogP contribution is -2.43. The van der Waals surface area contributed by atoms with Crippen LogP contribution in [0.5, 0.6) is 0 Å². The zero-order valence-electron chi connectivity index (χ0n) is 14.4. The Hall–Kier alpha value is -1.34. The van der Waals surface area contributed by atoms with Gasteiger partial charge in [-0.15, -0.1) is 0 Å². The van der Waals surface area contributed by atoms with E-state index in [9.17, 15) is 13.2 Å². The van der Waals surface area contributed by atoms with E-state index in [4.69, 9.17) is 4.42 Å². The average molecular weight is 344 g/mol. The minimum atomic E-state index is -3.39. The maximum atomic E-state index is 12.2. The number of likely N-dealkylation sites (N-methyl/N-ethyl adjacent to an activating group) is 1. The lowest BCUT2D eigenvalue weighted by molar-refractivity contribution is -0.120. The van der Waals surface area contributed by atoms with Crippen LogP contribution in [0.3, 0.4) is 0 Å². The summed E-state index contributed by atoms with van der Waals surface area (Å²) in [6.45, 7) is 9.24. The number of carbonyl (C=O) groups is 1. The van der Waals surface area contributed by atoms with E-state index in [-0.39, 0.29) is 11.8 Å². The zero-order chi connectivity index (χ0) is 17.5. The molecule has 1 rings (SSSR count). The lowest BCUT2D eigenvalue weighted by atomic mass is 10.2. The van der Waals surface area contributed by atoms with Crippen molar-refractivity contribution < 1.29 is 17.6 Å². The molecule has 6 nitrogen and oxygen atoms in total. The molecule has 0 unspecified atom stereocenters. The Morgan fingerprint density at radius 3 is 2.43 bits per heavy atom. The van der Waals surface area contributed by atoms with Crippen LogP contribution in [0.25, 0.3) is 0 Å². The smallest absolute Gasteiger partial charge is 0.238 e. The summed E-state index contributed by atoms with van der Waals surface area (Å²) in [7, 11) is -3.39. The van der Waals surface area contributed by atoms with Gasteiger partial charge < -0.3 is 9.73 Å². The number of carbonyl (C=O) groups excluding carboxylic acids is 1. The lowest BCUT2D eigenvalue weighted by Gasteiger charge is -2.28. The van der Waals surface area contributed by atoms with Gasteiger partial charge in [-0.1, -0.05) is 20.8 Å². The van der Waals surface area contributed by atoms with Gasteiger partial charge in [0, 0.05) is 6.54 Å². The van der Waals surface area contributed by atoms with Crippen molar-refractivity contribution in [2.75, 3.05) is 25.4 Å². The highest BCUT2D eigenvalue weighted by Gasteiger charge is 2.28. The van der Waals surface area contributed by atoms with Crippen LogP contribution in [0.4, 0.5) is 0 Å². The summed E-state index contributed by atoms with van der Waals surface area (Å²) in [4.78, 5) is 14.4. The van der Waals surface area contributed by atoms with Crippen LogP contribution in [0.2, 0.25) is 0 Å². The van der Waals surface area contributed by atoms with E-state index in [1.807, 2.05) is 26.0 Å². The third-order valence-electron chi connectivity index (χ3n) is 3.99. The number of nitrogens with zero attached hydrogens (tertiary/aromatic N) is 1. The molecule has 1 heterocycles. The zero-order valence-corrected chi connectivity index (χ0v) is 15.2. The summed E-state index contributed by atoms with van der Waals surface area (Å²) in [5, 5.41) is 1.73. The number of furan rings is 1. The molecule has 0 spiro atoms. The second kappa shape index (κ2) is 9.08. The van der Waals surface area contributed by atoms with E-state index in [1.165, 1.54) is 6.92 Å². The maximum absolute atomic E-state index is 12.2. The molecular weight excluding hydrogens is 316 g/mol. The molecule has 0 radical (unpaired) electrons. The van der Waals surface area contributed by atoms with Gasteiger partial charge in [-0.05, 0) is 38.6 Å². The summed E-state index contributed by atoms with van der Waals surface area (Å²) in [6, 6.07) is 3.57. The Kier molecular flexibility index (Phi) is 7.78. The van der Waals surface area contributed by atoms with Crippen LogP contribution in [-0.2, 0) is 14.6 Å². The fourth-order valence-corrected chi connectivity index (χ4v) is 3.85. The van der Waals surface area contributed by atoms with E-state index in [1.54, 1.807) is 13.2 Å². The number of hydrogen-bond acceptors (Lipinski definition) is 5. The predicted octanol–water partition coefficient (Wildman–Crippen LogP) is 1.99. The van der Waals surface area contributed by atoms with Crippen LogP contribution < -0.4 is 5.32 Å². The number of rotatable bonds is 10. The molecule has 7 heteroatoms. The highest BCUT2D eigenvalue weighted by Crippen LogP contribution is 2.20. The van der Waals surface area contributed by atoms with Gasteiger partial charge in [-0.3, -0.25) is 9.69 Å². The quantitative estimate of drug-likeness (QED) is 0.702. The van der Waals surface area contributed by atoms with Gasteiger partial charge in [-0.2, -0.15) is 0 Å². The van der Waals surface area contributed by atoms with Gasteiger partial charge in [0.1, 0.15) is 11.0 Å². The molecule has 1 aromatic heterocycles. The van der Waals surface area contributed by atoms with E-state index in [0.29, 0.717) is 13.0 Å². The fourth-order valence-electron chi connectivity index (χ4n) is 2.52. The second-order valence-electron chi connectivity index (χ2n) is 5.51. The van der Waals surface area contributed by atoms with Gasteiger partial charge in [0.15, 0.2) is 9.84 Å². The van der Waals surface area contributed by atoms with E-state index < -0.39 is 21.0 Å². The Morgan fingerprint density at radius 2 is 1.96 bits per heavy atom. The Balaban J connectivity index is 2.77. The summed E-state index contributed by atoms with van der Waals surface area (Å²) >= 11 is 0. The molecule has 132 valence electrons. The van der Waals surface area contributed by atoms with Crippen LogP contribution in [-0.4, -0.2) is 49.9 Å². The molecule has 1 N–H and O–H groups in total. The monoisotopic (exact) mass is 344 g/mol. The van der Waals surface area contributed by atoms with Crippen LogP contribution >= 0.6 is 0 Å². The molecule has 0 aliphatic carbocycles. The minimum absolute atomic E-state index is 0.0270. The first-order valence-electron chi connectivity index (χ1n) is 8.14. The molecule has 0 aromatic carbocycles. The van der Waals surface area contributed by atoms with Crippen molar-refractivity contribution in [1.82, 2.24) is 10.2 Å². The maximum Gasteiger partial charge on any atom is 0.238 e. The molecule has 0 fully saturated rings. The Morgan fingerprint density at radius 1 is 1.30 bits per heavy atom. The molecule has 2 atom stereocenters. The summed E-state index contributed by atoms with van der Waals surface area (Å²) < 4.78 is 29.5. The third kappa shape index (κ3) is 5.35. The van der Waals surface area contributed by atoms with Crippen molar-refractivity contribution in [2.24, 2.45) is 0 Å². The first-order valence-corrected chi connectivity index (χ1v) is 9.85. The summed E-state index contributed by atoms with van der Waals surface area (Å²) in [5.74, 6) is 0.333. The predicted molar refractivity (Wildman–Crippen MR) is 90.9 cm³/mol. The summed E-state index contributed by atoms with van der Waals surface area (Å²) in [5.41, 5.74) is 0. The average Bonchev–Trinajstić information content (AvgIpc) is 3.04. The van der Waals surface area contributed by atoms with Crippen LogP contribution in [0, 0.1) is 0 Å².